The molecule has 0 aromatic heterocycles. The summed E-state index contributed by atoms with van der Waals surface area (Å²) in [6.07, 6.45) is 5.41. The van der Waals surface area contributed by atoms with Gasteiger partial charge < -0.3 is 36.0 Å². The van der Waals surface area contributed by atoms with Gasteiger partial charge in [-0.25, -0.2) is 0 Å². The zero-order valence-corrected chi connectivity index (χ0v) is 27.1. The van der Waals surface area contributed by atoms with Gasteiger partial charge in [0.05, 0.1) is 5.49 Å². The molecule has 246 valence electrons. The zero-order valence-electron chi connectivity index (χ0n) is 25.4. The molecular formula is C31H44N5O7PS. The van der Waals surface area contributed by atoms with Gasteiger partial charge in [-0.05, 0) is 61.5 Å². The lowest BCUT2D eigenvalue weighted by atomic mass is 9.98. The van der Waals surface area contributed by atoms with Crippen LogP contribution in [-0.4, -0.2) is 98.8 Å². The number of hydrogen-bond acceptors (Lipinski definition) is 7. The van der Waals surface area contributed by atoms with Gasteiger partial charge in [0, 0.05) is 31.7 Å². The van der Waals surface area contributed by atoms with E-state index in [1.807, 2.05) is 42.5 Å². The number of primary amides is 1. The summed E-state index contributed by atoms with van der Waals surface area (Å²) in [7, 11) is -4.34. The Morgan fingerprint density at radius 2 is 1.64 bits per heavy atom. The van der Waals surface area contributed by atoms with Crippen molar-refractivity contribution >= 4 is 53.8 Å². The summed E-state index contributed by atoms with van der Waals surface area (Å²) in [5, 5.41) is 7.57. The summed E-state index contributed by atoms with van der Waals surface area (Å²) in [4.78, 5) is 75.1. The minimum absolute atomic E-state index is 0.0594. The fourth-order valence-corrected chi connectivity index (χ4v) is 7.77. The number of amides is 4. The van der Waals surface area contributed by atoms with E-state index in [1.54, 1.807) is 0 Å². The molecule has 0 radical (unpaired) electrons. The van der Waals surface area contributed by atoms with Crippen LogP contribution in [-0.2, 0) is 30.2 Å². The zero-order chi connectivity index (χ0) is 32.4. The fraction of sp³-hybridized carbons (Fsp3) is 0.548. The normalized spacial score (nSPS) is 19.1. The standard InChI is InChI=1S/C31H44N5O7PS/c32-29(38)25(19-22-11-12-23-8-2-3-9-24(23)18-22)34-30(39)27-10-4-7-16-36(27)31(40)26(20-45-21-44(41,42)43)33-28(37)13-17-35-14-5-1-6-15-35/h2-3,8-9,11-12,18,25-27H,1,4-7,10,13-17,19-21H2,(H2,32,38)(H,33,37)(H,34,39)(H2,41,42,43). The van der Waals surface area contributed by atoms with Crippen LogP contribution in [0, 0.1) is 0 Å². The van der Waals surface area contributed by atoms with Crippen molar-refractivity contribution in [2.24, 2.45) is 5.73 Å². The van der Waals surface area contributed by atoms with Crippen molar-refractivity contribution in [3.8, 4) is 0 Å². The van der Waals surface area contributed by atoms with E-state index in [1.165, 1.54) is 11.3 Å². The molecular weight excluding hydrogens is 617 g/mol. The van der Waals surface area contributed by atoms with Crippen LogP contribution in [0.4, 0.5) is 0 Å². The third-order valence-electron chi connectivity index (χ3n) is 8.28. The first kappa shape index (κ1) is 34.9. The minimum atomic E-state index is -4.34. The van der Waals surface area contributed by atoms with Crippen molar-refractivity contribution in [3.63, 3.8) is 0 Å². The van der Waals surface area contributed by atoms with E-state index in [9.17, 15) is 33.5 Å². The first-order chi connectivity index (χ1) is 21.5. The summed E-state index contributed by atoms with van der Waals surface area (Å²) in [5.41, 5.74) is 6.02. The monoisotopic (exact) mass is 661 g/mol. The third kappa shape index (κ3) is 10.8. The summed E-state index contributed by atoms with van der Waals surface area (Å²) in [6.45, 7) is 2.67. The largest absolute Gasteiger partial charge is 0.368 e. The van der Waals surface area contributed by atoms with Crippen LogP contribution < -0.4 is 16.4 Å². The molecule has 0 saturated carbocycles. The van der Waals surface area contributed by atoms with Gasteiger partial charge in [-0.3, -0.25) is 23.7 Å². The average Bonchev–Trinajstić information content (AvgIpc) is 3.02. The number of nitrogens with one attached hydrogen (secondary N) is 2. The molecule has 4 rings (SSSR count). The number of piperidine rings is 2. The highest BCUT2D eigenvalue weighted by molar-refractivity contribution is 8.04. The quantitative estimate of drug-likeness (QED) is 0.189. The molecule has 0 aliphatic carbocycles. The molecule has 45 heavy (non-hydrogen) atoms. The molecule has 6 N–H and O–H groups in total. The molecule has 12 nitrogen and oxygen atoms in total. The molecule has 2 saturated heterocycles. The number of fused-ring (bicyclic) bond motifs is 1. The molecule has 2 fully saturated rings. The van der Waals surface area contributed by atoms with Crippen LogP contribution in [0.3, 0.4) is 0 Å². The van der Waals surface area contributed by atoms with Crippen LogP contribution in [0.1, 0.15) is 50.5 Å². The minimum Gasteiger partial charge on any atom is -0.368 e. The first-order valence-electron chi connectivity index (χ1n) is 15.5. The predicted molar refractivity (Wildman–Crippen MR) is 174 cm³/mol. The molecule has 2 aromatic rings. The van der Waals surface area contributed by atoms with Crippen molar-refractivity contribution in [2.45, 2.75) is 69.5 Å². The van der Waals surface area contributed by atoms with Gasteiger partial charge in [0.15, 0.2) is 0 Å². The van der Waals surface area contributed by atoms with E-state index in [2.05, 4.69) is 15.5 Å². The molecule has 14 heteroatoms. The topological polar surface area (TPSA) is 182 Å². The Labute approximate surface area is 268 Å². The summed E-state index contributed by atoms with van der Waals surface area (Å²) in [6, 6.07) is 10.6. The number of nitrogens with zero attached hydrogens (tertiary/aromatic N) is 2. The van der Waals surface area contributed by atoms with Crippen LogP contribution in [0.2, 0.25) is 0 Å². The maximum Gasteiger partial charge on any atom is 0.335 e. The smallest absolute Gasteiger partial charge is 0.335 e. The van der Waals surface area contributed by atoms with E-state index in [-0.39, 0.29) is 31.0 Å². The summed E-state index contributed by atoms with van der Waals surface area (Å²) >= 11 is 0.877. The highest BCUT2D eigenvalue weighted by atomic mass is 32.2. The highest BCUT2D eigenvalue weighted by Crippen LogP contribution is 2.38. The van der Waals surface area contributed by atoms with E-state index in [4.69, 9.17) is 5.73 Å². The number of benzene rings is 2. The van der Waals surface area contributed by atoms with Crippen LogP contribution >= 0.6 is 19.4 Å². The van der Waals surface area contributed by atoms with E-state index < -0.39 is 48.9 Å². The molecule has 4 amide bonds. The SMILES string of the molecule is NC(=O)C(Cc1ccc2ccccc2c1)NC(=O)C1CCCCN1C(=O)C(CSCP(=O)(O)O)NC(=O)CCN1CCCCC1. The lowest BCUT2D eigenvalue weighted by Crippen LogP contribution is -2.60. The Balaban J connectivity index is 1.43. The summed E-state index contributed by atoms with van der Waals surface area (Å²) < 4.78 is 11.5. The fourth-order valence-electron chi connectivity index (χ4n) is 5.93. The molecule has 2 aromatic carbocycles. The number of likely N-dealkylation sites (tertiary alicyclic amines) is 2. The van der Waals surface area contributed by atoms with Gasteiger partial charge >= 0.3 is 7.60 Å². The molecule has 0 bridgehead atoms. The highest BCUT2D eigenvalue weighted by Gasteiger charge is 2.37. The Morgan fingerprint density at radius 3 is 2.36 bits per heavy atom. The lowest BCUT2D eigenvalue weighted by molar-refractivity contribution is -0.145. The van der Waals surface area contributed by atoms with Gasteiger partial charge in [0.2, 0.25) is 23.6 Å². The molecule has 2 heterocycles. The average molecular weight is 662 g/mol. The molecule has 2 aliphatic heterocycles. The second-order valence-electron chi connectivity index (χ2n) is 11.8. The molecule has 3 atom stereocenters. The van der Waals surface area contributed by atoms with Crippen LogP contribution in [0.15, 0.2) is 42.5 Å². The van der Waals surface area contributed by atoms with Crippen molar-refractivity contribution in [3.05, 3.63) is 48.0 Å². The second-order valence-corrected chi connectivity index (χ2v) is 14.9. The van der Waals surface area contributed by atoms with Crippen molar-refractivity contribution in [1.82, 2.24) is 20.4 Å². The van der Waals surface area contributed by atoms with Gasteiger partial charge in [-0.15, -0.1) is 11.8 Å². The Morgan fingerprint density at radius 1 is 0.933 bits per heavy atom. The molecule has 2 aliphatic rings. The Hall–Kier alpha value is -2.96. The number of rotatable bonds is 14. The van der Waals surface area contributed by atoms with Crippen molar-refractivity contribution < 1.29 is 33.5 Å². The predicted octanol–water partition coefficient (Wildman–Crippen LogP) is 1.96. The maximum absolute atomic E-state index is 13.9. The first-order valence-corrected chi connectivity index (χ1v) is 18.5. The van der Waals surface area contributed by atoms with Crippen molar-refractivity contribution in [2.75, 3.05) is 37.4 Å². The van der Waals surface area contributed by atoms with Gasteiger partial charge in [-0.2, -0.15) is 0 Å². The van der Waals surface area contributed by atoms with Crippen molar-refractivity contribution in [1.29, 1.82) is 0 Å². The van der Waals surface area contributed by atoms with Crippen LogP contribution in [0.25, 0.3) is 10.8 Å². The molecule has 0 spiro atoms. The molecule has 3 unspecified atom stereocenters. The maximum atomic E-state index is 13.9. The summed E-state index contributed by atoms with van der Waals surface area (Å²) in [5.74, 6) is -2.10. The second kappa shape index (κ2) is 16.6. The Bertz CT molecular complexity index is 1400. The van der Waals surface area contributed by atoms with Crippen LogP contribution in [0.5, 0.6) is 0 Å². The van der Waals surface area contributed by atoms with Gasteiger partial charge in [0.25, 0.3) is 0 Å². The number of carbonyl (C=O) groups is 4. The number of thioether (sulfide) groups is 1. The number of carbonyl (C=O) groups excluding carboxylic acids is 4. The third-order valence-corrected chi connectivity index (χ3v) is 10.9. The lowest BCUT2D eigenvalue weighted by Gasteiger charge is -2.37. The van der Waals surface area contributed by atoms with Gasteiger partial charge in [-0.1, -0.05) is 48.9 Å². The van der Waals surface area contributed by atoms with E-state index in [0.717, 1.165) is 54.0 Å². The Kier molecular flexibility index (Phi) is 12.8. The van der Waals surface area contributed by atoms with Gasteiger partial charge in [0.1, 0.15) is 18.1 Å². The van der Waals surface area contributed by atoms with E-state index >= 15 is 0 Å². The number of hydrogen-bond donors (Lipinski definition) is 5. The number of nitrogens with two attached hydrogens (primary N) is 1. The van der Waals surface area contributed by atoms with E-state index in [0.29, 0.717) is 25.8 Å².